The van der Waals surface area contributed by atoms with Crippen LogP contribution in [0, 0.1) is 11.6 Å². The molecule has 3 nitrogen and oxygen atoms in total. The number of rotatable bonds is 3. The predicted molar refractivity (Wildman–Crippen MR) is 77.5 cm³/mol. The summed E-state index contributed by atoms with van der Waals surface area (Å²) >= 11 is 5.72. The minimum absolute atomic E-state index is 0.118. The molecule has 6 heteroatoms. The fourth-order valence-corrected chi connectivity index (χ4v) is 1.77. The van der Waals surface area contributed by atoms with Crippen LogP contribution in [0.2, 0.25) is 5.02 Å². The standard InChI is InChI=1S/C15H11ClF2N2O/c1-9(13-7-6-12(17)8-14(13)18)19-20-15(21)10-2-4-11(16)5-3-10/h2-8H,1H3,(H,20,21)/b19-9-. The molecular weight excluding hydrogens is 298 g/mol. The summed E-state index contributed by atoms with van der Waals surface area (Å²) in [6.45, 7) is 1.51. The Balaban J connectivity index is 2.12. The van der Waals surface area contributed by atoms with Crippen molar-refractivity contribution in [3.63, 3.8) is 0 Å². The van der Waals surface area contributed by atoms with Crippen LogP contribution in [0.1, 0.15) is 22.8 Å². The SMILES string of the molecule is C/C(=N/NC(=O)c1ccc(Cl)cc1)c1ccc(F)cc1F. The number of carbonyl (C=O) groups is 1. The number of hydrazone groups is 1. The van der Waals surface area contributed by atoms with E-state index in [0.29, 0.717) is 10.6 Å². The summed E-state index contributed by atoms with van der Waals surface area (Å²) in [4.78, 5) is 11.8. The molecule has 0 bridgehead atoms. The van der Waals surface area contributed by atoms with Crippen LogP contribution in [0.15, 0.2) is 47.6 Å². The van der Waals surface area contributed by atoms with Gasteiger partial charge in [0.15, 0.2) is 0 Å². The highest BCUT2D eigenvalue weighted by molar-refractivity contribution is 6.30. The third-order valence-electron chi connectivity index (χ3n) is 2.75. The molecule has 2 aromatic rings. The zero-order valence-corrected chi connectivity index (χ0v) is 11.8. The number of halogens is 3. The molecule has 0 heterocycles. The van der Waals surface area contributed by atoms with Gasteiger partial charge in [-0.2, -0.15) is 5.10 Å². The van der Waals surface area contributed by atoms with Crippen LogP contribution in [-0.2, 0) is 0 Å². The van der Waals surface area contributed by atoms with Crippen molar-refractivity contribution >= 4 is 23.2 Å². The molecule has 0 fully saturated rings. The van der Waals surface area contributed by atoms with Crippen LogP contribution in [0.25, 0.3) is 0 Å². The van der Waals surface area contributed by atoms with Crippen LogP contribution in [0.3, 0.4) is 0 Å². The van der Waals surface area contributed by atoms with Gasteiger partial charge < -0.3 is 0 Å². The summed E-state index contributed by atoms with van der Waals surface area (Å²) in [7, 11) is 0. The van der Waals surface area contributed by atoms with Crippen LogP contribution >= 0.6 is 11.6 Å². The Morgan fingerprint density at radius 1 is 1.14 bits per heavy atom. The number of hydrogen-bond acceptors (Lipinski definition) is 2. The quantitative estimate of drug-likeness (QED) is 0.680. The Morgan fingerprint density at radius 2 is 1.81 bits per heavy atom. The van der Waals surface area contributed by atoms with Crippen molar-refractivity contribution in [1.82, 2.24) is 5.43 Å². The summed E-state index contributed by atoms with van der Waals surface area (Å²) in [5.41, 5.74) is 3.02. The summed E-state index contributed by atoms with van der Waals surface area (Å²) in [6.07, 6.45) is 0. The average molecular weight is 309 g/mol. The van der Waals surface area contributed by atoms with Crippen LogP contribution in [0.4, 0.5) is 8.78 Å². The molecule has 0 unspecified atom stereocenters. The normalized spacial score (nSPS) is 11.3. The Bertz CT molecular complexity index is 699. The maximum absolute atomic E-state index is 13.5. The first-order valence-electron chi connectivity index (χ1n) is 6.03. The molecule has 0 radical (unpaired) electrons. The summed E-state index contributed by atoms with van der Waals surface area (Å²) in [5.74, 6) is -1.86. The van der Waals surface area contributed by atoms with E-state index in [2.05, 4.69) is 10.5 Å². The van der Waals surface area contributed by atoms with Crippen LogP contribution < -0.4 is 5.43 Å². The number of nitrogens with one attached hydrogen (secondary N) is 1. The molecule has 21 heavy (non-hydrogen) atoms. The van der Waals surface area contributed by atoms with E-state index in [1.807, 2.05) is 0 Å². The smallest absolute Gasteiger partial charge is 0.267 e. The van der Waals surface area contributed by atoms with E-state index in [1.165, 1.54) is 13.0 Å². The zero-order chi connectivity index (χ0) is 15.4. The van der Waals surface area contributed by atoms with E-state index in [0.717, 1.165) is 12.1 Å². The van der Waals surface area contributed by atoms with Gasteiger partial charge in [0.1, 0.15) is 11.6 Å². The van der Waals surface area contributed by atoms with E-state index in [1.54, 1.807) is 24.3 Å². The lowest BCUT2D eigenvalue weighted by atomic mass is 10.1. The van der Waals surface area contributed by atoms with Crippen molar-refractivity contribution in [3.05, 3.63) is 70.2 Å². The van der Waals surface area contributed by atoms with E-state index in [9.17, 15) is 13.6 Å². The Morgan fingerprint density at radius 3 is 2.43 bits per heavy atom. The van der Waals surface area contributed by atoms with Gasteiger partial charge in [-0.25, -0.2) is 14.2 Å². The zero-order valence-electron chi connectivity index (χ0n) is 11.0. The average Bonchev–Trinajstić information content (AvgIpc) is 2.45. The lowest BCUT2D eigenvalue weighted by molar-refractivity contribution is 0.0955. The minimum atomic E-state index is -0.739. The van der Waals surface area contributed by atoms with Gasteiger partial charge in [0.05, 0.1) is 5.71 Å². The summed E-state index contributed by atoms with van der Waals surface area (Å²) in [5, 5.41) is 4.32. The number of benzene rings is 2. The van der Waals surface area contributed by atoms with Gasteiger partial charge in [0.25, 0.3) is 5.91 Å². The van der Waals surface area contributed by atoms with Gasteiger partial charge in [-0.3, -0.25) is 4.79 Å². The topological polar surface area (TPSA) is 41.5 Å². The molecule has 0 aliphatic heterocycles. The molecule has 0 aliphatic rings. The highest BCUT2D eigenvalue weighted by Gasteiger charge is 2.08. The highest BCUT2D eigenvalue weighted by atomic mass is 35.5. The highest BCUT2D eigenvalue weighted by Crippen LogP contribution is 2.11. The van der Waals surface area contributed by atoms with Gasteiger partial charge in [0.2, 0.25) is 0 Å². The molecule has 2 aromatic carbocycles. The second kappa shape index (κ2) is 6.45. The van der Waals surface area contributed by atoms with Crippen LogP contribution in [-0.4, -0.2) is 11.6 Å². The second-order valence-electron chi connectivity index (χ2n) is 4.27. The molecule has 0 spiro atoms. The number of nitrogens with zero attached hydrogens (tertiary/aromatic N) is 1. The lowest BCUT2D eigenvalue weighted by Gasteiger charge is -2.04. The molecule has 0 aromatic heterocycles. The maximum atomic E-state index is 13.5. The lowest BCUT2D eigenvalue weighted by Crippen LogP contribution is -2.19. The number of amides is 1. The Kier molecular flexibility index (Phi) is 4.65. The third kappa shape index (κ3) is 3.86. The first-order valence-corrected chi connectivity index (χ1v) is 6.41. The molecule has 0 saturated heterocycles. The van der Waals surface area contributed by atoms with E-state index in [-0.39, 0.29) is 11.3 Å². The van der Waals surface area contributed by atoms with Crippen LogP contribution in [0.5, 0.6) is 0 Å². The van der Waals surface area contributed by atoms with Crippen molar-refractivity contribution in [1.29, 1.82) is 0 Å². The molecule has 1 amide bonds. The molecule has 2 rings (SSSR count). The van der Waals surface area contributed by atoms with Gasteiger partial charge in [0, 0.05) is 22.2 Å². The second-order valence-corrected chi connectivity index (χ2v) is 4.71. The molecule has 1 N–H and O–H groups in total. The summed E-state index contributed by atoms with van der Waals surface area (Å²) in [6, 6.07) is 9.38. The first-order chi connectivity index (χ1) is 9.97. The Hall–Kier alpha value is -2.27. The van der Waals surface area contributed by atoms with Crippen molar-refractivity contribution in [2.45, 2.75) is 6.92 Å². The van der Waals surface area contributed by atoms with Crippen molar-refractivity contribution < 1.29 is 13.6 Å². The number of carbonyl (C=O) groups excluding carboxylic acids is 1. The first kappa shape index (κ1) is 15.1. The van der Waals surface area contributed by atoms with E-state index in [4.69, 9.17) is 11.6 Å². The summed E-state index contributed by atoms with van der Waals surface area (Å²) < 4.78 is 26.4. The monoisotopic (exact) mass is 308 g/mol. The van der Waals surface area contributed by atoms with Crippen molar-refractivity contribution in [3.8, 4) is 0 Å². The van der Waals surface area contributed by atoms with Gasteiger partial charge in [-0.1, -0.05) is 11.6 Å². The fourth-order valence-electron chi connectivity index (χ4n) is 1.64. The van der Waals surface area contributed by atoms with Gasteiger partial charge in [-0.15, -0.1) is 0 Å². The number of hydrogen-bond donors (Lipinski definition) is 1. The van der Waals surface area contributed by atoms with Crippen molar-refractivity contribution in [2.75, 3.05) is 0 Å². The minimum Gasteiger partial charge on any atom is -0.267 e. The molecule has 108 valence electrons. The van der Waals surface area contributed by atoms with Gasteiger partial charge in [-0.05, 0) is 43.3 Å². The maximum Gasteiger partial charge on any atom is 0.271 e. The van der Waals surface area contributed by atoms with E-state index >= 15 is 0 Å². The fraction of sp³-hybridized carbons (Fsp3) is 0.0667. The predicted octanol–water partition coefficient (Wildman–Crippen LogP) is 3.77. The largest absolute Gasteiger partial charge is 0.271 e. The Labute approximate surface area is 125 Å². The molecular formula is C15H11ClF2N2O. The molecule has 0 aliphatic carbocycles. The van der Waals surface area contributed by atoms with Crippen molar-refractivity contribution in [2.24, 2.45) is 5.10 Å². The molecule has 0 atom stereocenters. The van der Waals surface area contributed by atoms with Gasteiger partial charge >= 0.3 is 0 Å². The van der Waals surface area contributed by atoms with E-state index < -0.39 is 17.5 Å². The third-order valence-corrected chi connectivity index (χ3v) is 3.00. The molecule has 0 saturated carbocycles.